The molecule has 1 atom stereocenters. The van der Waals surface area contributed by atoms with Gasteiger partial charge in [-0.25, -0.2) is 0 Å². The minimum Gasteiger partial charge on any atom is -1.00 e. The highest BCUT2D eigenvalue weighted by Gasteiger charge is 2.19. The number of unbranched alkanes of at least 4 members (excludes halogenated alkanes) is 8. The molecule has 0 radical (unpaired) electrons. The smallest absolute Gasteiger partial charge is 0.0796 e. The molecule has 0 rings (SSSR count). The van der Waals surface area contributed by atoms with Crippen LogP contribution in [0.4, 0.5) is 0 Å². The predicted octanol–water partition coefficient (Wildman–Crippen LogP) is 3.01. The summed E-state index contributed by atoms with van der Waals surface area (Å²) in [5.74, 6) is 0.819. The molecule has 0 saturated heterocycles. The van der Waals surface area contributed by atoms with Gasteiger partial charge in [0.1, 0.15) is 0 Å². The molecule has 0 aromatic rings. The lowest BCUT2D eigenvalue weighted by molar-refractivity contribution is -0.910. The van der Waals surface area contributed by atoms with E-state index in [-0.39, 0.29) is 12.4 Å². The maximum absolute atomic E-state index is 5.90. The molecule has 3 heteroatoms. The van der Waals surface area contributed by atoms with Crippen molar-refractivity contribution in [3.63, 3.8) is 0 Å². The van der Waals surface area contributed by atoms with E-state index in [9.17, 15) is 0 Å². The van der Waals surface area contributed by atoms with Gasteiger partial charge in [-0.3, -0.25) is 0 Å². The van der Waals surface area contributed by atoms with Gasteiger partial charge in [0, 0.05) is 12.3 Å². The van der Waals surface area contributed by atoms with Gasteiger partial charge in [-0.15, -0.1) is 11.6 Å². The lowest BCUT2D eigenvalue weighted by atomic mass is 10.1. The number of halogens is 2. The van der Waals surface area contributed by atoms with Gasteiger partial charge in [0.05, 0.1) is 26.7 Å². The Morgan fingerprint density at radius 1 is 0.619 bits per heavy atom. The van der Waals surface area contributed by atoms with Crippen LogP contribution in [0.1, 0.15) is 84.5 Å². The number of hydrogen-bond acceptors (Lipinski definition) is 0. The quantitative estimate of drug-likeness (QED) is 0.244. The Labute approximate surface area is 145 Å². The van der Waals surface area contributed by atoms with Crippen molar-refractivity contribution in [3.05, 3.63) is 0 Å². The van der Waals surface area contributed by atoms with Gasteiger partial charge < -0.3 is 16.9 Å². The third kappa shape index (κ3) is 15.2. The van der Waals surface area contributed by atoms with Crippen molar-refractivity contribution < 1.29 is 16.9 Å². The molecule has 1 nitrogen and oxygen atoms in total. The first-order valence-electron chi connectivity index (χ1n) is 9.08. The summed E-state index contributed by atoms with van der Waals surface area (Å²) in [7, 11) is 2.45. The standard InChI is InChI=1S/C18H39ClN.ClH/c1-4-6-8-10-11-13-17-20(3,18-14-15-19)16-12-9-7-5-2;/h4-18H2,1-3H3;1H/q+1;/p-1. The lowest BCUT2D eigenvalue weighted by Gasteiger charge is -2.35. The van der Waals surface area contributed by atoms with Crippen molar-refractivity contribution in [3.8, 4) is 0 Å². The Bertz CT molecular complexity index is 200. The molecule has 0 N–H and O–H groups in total. The largest absolute Gasteiger partial charge is 1.00 e. The van der Waals surface area contributed by atoms with Crippen LogP contribution in [0.5, 0.6) is 0 Å². The van der Waals surface area contributed by atoms with Crippen LogP contribution < -0.4 is 12.4 Å². The molecule has 21 heavy (non-hydrogen) atoms. The summed E-state index contributed by atoms with van der Waals surface area (Å²) in [5, 5.41) is 0. The van der Waals surface area contributed by atoms with Crippen LogP contribution >= 0.6 is 11.6 Å². The first-order valence-corrected chi connectivity index (χ1v) is 9.61. The first-order chi connectivity index (χ1) is 9.68. The van der Waals surface area contributed by atoms with Crippen LogP contribution in [0.15, 0.2) is 0 Å². The average molecular weight is 340 g/mol. The van der Waals surface area contributed by atoms with E-state index in [2.05, 4.69) is 20.9 Å². The van der Waals surface area contributed by atoms with E-state index in [4.69, 9.17) is 11.6 Å². The van der Waals surface area contributed by atoms with Gasteiger partial charge in [0.2, 0.25) is 0 Å². The highest BCUT2D eigenvalue weighted by Crippen LogP contribution is 2.14. The summed E-state index contributed by atoms with van der Waals surface area (Å²) < 4.78 is 1.25. The van der Waals surface area contributed by atoms with Gasteiger partial charge in [-0.2, -0.15) is 0 Å². The number of hydrogen-bond donors (Lipinski definition) is 0. The van der Waals surface area contributed by atoms with Crippen LogP contribution in [-0.2, 0) is 0 Å². The van der Waals surface area contributed by atoms with Crippen molar-refractivity contribution in [2.24, 2.45) is 0 Å². The molecule has 130 valence electrons. The zero-order chi connectivity index (χ0) is 15.1. The molecule has 0 heterocycles. The average Bonchev–Trinajstić information content (AvgIpc) is 2.45. The molecular weight excluding hydrogens is 301 g/mol. The summed E-state index contributed by atoms with van der Waals surface area (Å²) >= 11 is 5.90. The Balaban J connectivity index is 0. The SMILES string of the molecule is CCCCCCCC[N+](C)(CCCCl)CCCCCC.[Cl-]. The van der Waals surface area contributed by atoms with E-state index >= 15 is 0 Å². The highest BCUT2D eigenvalue weighted by atomic mass is 35.5. The molecule has 0 saturated carbocycles. The number of alkyl halides is 1. The molecule has 0 fully saturated rings. The van der Waals surface area contributed by atoms with Crippen molar-refractivity contribution in [2.45, 2.75) is 84.5 Å². The second-order valence-corrected chi connectivity index (χ2v) is 7.04. The summed E-state index contributed by atoms with van der Waals surface area (Å²) in [4.78, 5) is 0. The summed E-state index contributed by atoms with van der Waals surface area (Å²) in [5.41, 5.74) is 0. The minimum atomic E-state index is 0. The van der Waals surface area contributed by atoms with E-state index in [1.165, 1.54) is 94.7 Å². The van der Waals surface area contributed by atoms with Crippen molar-refractivity contribution >= 4 is 11.6 Å². The van der Waals surface area contributed by atoms with Crippen molar-refractivity contribution in [1.82, 2.24) is 0 Å². The van der Waals surface area contributed by atoms with E-state index in [0.29, 0.717) is 0 Å². The Kier molecular flexibility index (Phi) is 19.2. The maximum atomic E-state index is 5.90. The molecular formula is C18H39Cl2N. The molecule has 0 aromatic carbocycles. The zero-order valence-electron chi connectivity index (χ0n) is 14.8. The van der Waals surface area contributed by atoms with Gasteiger partial charge >= 0.3 is 0 Å². The normalized spacial score (nSPS) is 13.7. The topological polar surface area (TPSA) is 0 Å². The van der Waals surface area contributed by atoms with Gasteiger partial charge in [-0.05, 0) is 25.7 Å². The molecule has 0 aromatic heterocycles. The van der Waals surface area contributed by atoms with E-state index in [1.807, 2.05) is 0 Å². The molecule has 0 aliphatic carbocycles. The number of quaternary nitrogens is 1. The summed E-state index contributed by atoms with van der Waals surface area (Å²) in [6, 6.07) is 0. The molecule has 1 unspecified atom stereocenters. The van der Waals surface area contributed by atoms with E-state index in [0.717, 1.165) is 5.88 Å². The van der Waals surface area contributed by atoms with Gasteiger partial charge in [0.25, 0.3) is 0 Å². The van der Waals surface area contributed by atoms with Gasteiger partial charge in [0.15, 0.2) is 0 Å². The van der Waals surface area contributed by atoms with Crippen LogP contribution in [-0.4, -0.2) is 37.0 Å². The predicted molar refractivity (Wildman–Crippen MR) is 93.6 cm³/mol. The summed E-state index contributed by atoms with van der Waals surface area (Å²) in [6.07, 6.45) is 15.1. The zero-order valence-corrected chi connectivity index (χ0v) is 16.3. The Morgan fingerprint density at radius 3 is 1.48 bits per heavy atom. The molecule has 0 bridgehead atoms. The Hall–Kier alpha value is 0.540. The van der Waals surface area contributed by atoms with E-state index in [1.54, 1.807) is 0 Å². The van der Waals surface area contributed by atoms with Crippen LogP contribution in [0.25, 0.3) is 0 Å². The molecule has 0 spiro atoms. The van der Waals surface area contributed by atoms with E-state index < -0.39 is 0 Å². The second kappa shape index (κ2) is 16.9. The second-order valence-electron chi connectivity index (χ2n) is 6.66. The van der Waals surface area contributed by atoms with Gasteiger partial charge in [-0.1, -0.05) is 52.4 Å². The molecule has 0 aliphatic heterocycles. The third-order valence-corrected chi connectivity index (χ3v) is 4.70. The minimum absolute atomic E-state index is 0. The summed E-state index contributed by atoms with van der Waals surface area (Å²) in [6.45, 7) is 8.56. The fourth-order valence-corrected chi connectivity index (χ4v) is 3.09. The first kappa shape index (κ1) is 23.8. The fraction of sp³-hybridized carbons (Fsp3) is 1.00. The Morgan fingerprint density at radius 2 is 1.00 bits per heavy atom. The van der Waals surface area contributed by atoms with Crippen LogP contribution in [0.3, 0.4) is 0 Å². The maximum Gasteiger partial charge on any atom is 0.0796 e. The molecule has 0 amide bonds. The number of nitrogens with zero attached hydrogens (tertiary/aromatic N) is 1. The highest BCUT2D eigenvalue weighted by molar-refractivity contribution is 6.17. The van der Waals surface area contributed by atoms with Crippen LogP contribution in [0.2, 0.25) is 0 Å². The number of rotatable bonds is 15. The fourth-order valence-electron chi connectivity index (χ4n) is 2.97. The third-order valence-electron chi connectivity index (χ3n) is 4.43. The van der Waals surface area contributed by atoms with Crippen molar-refractivity contribution in [2.75, 3.05) is 32.6 Å². The lowest BCUT2D eigenvalue weighted by Crippen LogP contribution is -3.00. The van der Waals surface area contributed by atoms with Crippen molar-refractivity contribution in [1.29, 1.82) is 0 Å². The van der Waals surface area contributed by atoms with Crippen LogP contribution in [0, 0.1) is 0 Å². The molecule has 0 aliphatic rings. The monoisotopic (exact) mass is 339 g/mol.